The summed E-state index contributed by atoms with van der Waals surface area (Å²) in [5.74, 6) is -0.232. The van der Waals surface area contributed by atoms with Crippen molar-refractivity contribution in [3.05, 3.63) is 29.8 Å². The van der Waals surface area contributed by atoms with Crippen molar-refractivity contribution in [3.8, 4) is 0 Å². The molecule has 0 aliphatic carbocycles. The quantitative estimate of drug-likeness (QED) is 0.645. The molecule has 1 fully saturated rings. The van der Waals surface area contributed by atoms with Crippen LogP contribution in [0.1, 0.15) is 31.7 Å². The van der Waals surface area contributed by atoms with Crippen molar-refractivity contribution in [1.82, 2.24) is 5.32 Å². The van der Waals surface area contributed by atoms with Gasteiger partial charge in [-0.1, -0.05) is 25.5 Å². The Morgan fingerprint density at radius 3 is 2.75 bits per heavy atom. The Labute approximate surface area is 124 Å². The van der Waals surface area contributed by atoms with E-state index >= 15 is 0 Å². The lowest BCUT2D eigenvalue weighted by Gasteiger charge is -2.13. The van der Waals surface area contributed by atoms with Crippen molar-refractivity contribution in [1.29, 1.82) is 0 Å². The number of aryl methyl sites for hydroxylation is 1. The normalized spacial score (nSPS) is 17.6. The second-order valence-electron chi connectivity index (χ2n) is 4.91. The van der Waals surface area contributed by atoms with Crippen LogP contribution in [0.25, 0.3) is 0 Å². The zero-order chi connectivity index (χ0) is 14.4. The highest BCUT2D eigenvalue weighted by molar-refractivity contribution is 7.80. The van der Waals surface area contributed by atoms with E-state index in [4.69, 9.17) is 17.0 Å². The van der Waals surface area contributed by atoms with Crippen LogP contribution in [0.2, 0.25) is 0 Å². The third-order valence-corrected chi connectivity index (χ3v) is 3.49. The Morgan fingerprint density at radius 2 is 2.15 bits per heavy atom. The molecule has 0 amide bonds. The standard InChI is InChI=1S/C15H20N2O2S/c1-2-3-4-11-5-7-12(8-6-11)16-15(20)17-13-9-10-19-14(13)18/h5-8,13H,2-4,9-10H2,1H3,(H2,16,17,20). The van der Waals surface area contributed by atoms with Gasteiger partial charge in [0.15, 0.2) is 5.11 Å². The molecule has 1 saturated heterocycles. The summed E-state index contributed by atoms with van der Waals surface area (Å²) in [6, 6.07) is 7.89. The van der Waals surface area contributed by atoms with Gasteiger partial charge in [-0.05, 0) is 42.8 Å². The van der Waals surface area contributed by atoms with E-state index in [2.05, 4.69) is 29.7 Å². The zero-order valence-electron chi connectivity index (χ0n) is 11.6. The topological polar surface area (TPSA) is 50.4 Å². The molecule has 4 nitrogen and oxygen atoms in total. The summed E-state index contributed by atoms with van der Waals surface area (Å²) in [6.45, 7) is 2.65. The highest BCUT2D eigenvalue weighted by Gasteiger charge is 2.26. The number of cyclic esters (lactones) is 1. The van der Waals surface area contributed by atoms with E-state index in [-0.39, 0.29) is 12.0 Å². The largest absolute Gasteiger partial charge is 0.464 e. The van der Waals surface area contributed by atoms with Crippen LogP contribution >= 0.6 is 12.2 Å². The summed E-state index contributed by atoms with van der Waals surface area (Å²) in [5.41, 5.74) is 2.25. The van der Waals surface area contributed by atoms with Crippen LogP contribution in [0.4, 0.5) is 5.69 Å². The third kappa shape index (κ3) is 4.20. The molecule has 1 aromatic rings. The minimum Gasteiger partial charge on any atom is -0.464 e. The number of thiocarbonyl (C=S) groups is 1. The maximum Gasteiger partial charge on any atom is 0.328 e. The first-order valence-corrected chi connectivity index (χ1v) is 7.43. The monoisotopic (exact) mass is 292 g/mol. The van der Waals surface area contributed by atoms with Crippen molar-refractivity contribution < 1.29 is 9.53 Å². The Bertz CT molecular complexity index is 473. The first kappa shape index (κ1) is 14.8. The molecule has 1 unspecified atom stereocenters. The van der Waals surface area contributed by atoms with Crippen molar-refractivity contribution in [2.75, 3.05) is 11.9 Å². The molecule has 0 spiro atoms. The molecule has 0 radical (unpaired) electrons. The maximum absolute atomic E-state index is 11.3. The van der Waals surface area contributed by atoms with E-state index in [1.807, 2.05) is 12.1 Å². The van der Waals surface area contributed by atoms with Crippen LogP contribution in [0.3, 0.4) is 0 Å². The lowest BCUT2D eigenvalue weighted by Crippen LogP contribution is -2.40. The van der Waals surface area contributed by atoms with E-state index in [0.717, 1.165) is 12.1 Å². The first-order valence-electron chi connectivity index (χ1n) is 7.02. The Morgan fingerprint density at radius 1 is 1.40 bits per heavy atom. The number of benzene rings is 1. The summed E-state index contributed by atoms with van der Waals surface area (Å²) in [4.78, 5) is 11.3. The van der Waals surface area contributed by atoms with Gasteiger partial charge in [0, 0.05) is 12.1 Å². The number of carbonyl (C=O) groups is 1. The molecule has 0 aromatic heterocycles. The third-order valence-electron chi connectivity index (χ3n) is 3.27. The first-order chi connectivity index (χ1) is 9.69. The second kappa shape index (κ2) is 7.24. The Kier molecular flexibility index (Phi) is 5.35. The molecule has 5 heteroatoms. The average molecular weight is 292 g/mol. The van der Waals surface area contributed by atoms with Gasteiger partial charge in [-0.15, -0.1) is 0 Å². The van der Waals surface area contributed by atoms with Crippen molar-refractivity contribution in [2.45, 2.75) is 38.6 Å². The molecule has 1 heterocycles. The highest BCUT2D eigenvalue weighted by atomic mass is 32.1. The predicted octanol–water partition coefficient (Wildman–Crippen LogP) is 2.63. The van der Waals surface area contributed by atoms with Crippen molar-refractivity contribution in [2.24, 2.45) is 0 Å². The Balaban J connectivity index is 1.83. The molecule has 108 valence electrons. The molecule has 1 aliphatic rings. The smallest absolute Gasteiger partial charge is 0.328 e. The summed E-state index contributed by atoms with van der Waals surface area (Å²) in [7, 11) is 0. The molecule has 1 aromatic carbocycles. The van der Waals surface area contributed by atoms with Gasteiger partial charge in [0.2, 0.25) is 0 Å². The van der Waals surface area contributed by atoms with Crippen molar-refractivity contribution >= 4 is 29.0 Å². The van der Waals surface area contributed by atoms with E-state index in [1.165, 1.54) is 18.4 Å². The van der Waals surface area contributed by atoms with Crippen LogP contribution in [-0.4, -0.2) is 23.7 Å². The fourth-order valence-corrected chi connectivity index (χ4v) is 2.35. The summed E-state index contributed by atoms with van der Waals surface area (Å²) < 4.78 is 4.88. The van der Waals surface area contributed by atoms with Crippen LogP contribution in [0.5, 0.6) is 0 Å². The number of unbranched alkanes of at least 4 members (excludes halogenated alkanes) is 1. The van der Waals surface area contributed by atoms with Gasteiger partial charge in [-0.25, -0.2) is 4.79 Å². The molecular weight excluding hydrogens is 272 g/mol. The zero-order valence-corrected chi connectivity index (χ0v) is 12.5. The van der Waals surface area contributed by atoms with E-state index < -0.39 is 0 Å². The SMILES string of the molecule is CCCCc1ccc(NC(=S)NC2CCOC2=O)cc1. The van der Waals surface area contributed by atoms with Crippen LogP contribution < -0.4 is 10.6 Å². The van der Waals surface area contributed by atoms with Gasteiger partial charge < -0.3 is 15.4 Å². The summed E-state index contributed by atoms with van der Waals surface area (Å²) in [6.07, 6.45) is 4.17. The number of rotatable bonds is 5. The van der Waals surface area contributed by atoms with Gasteiger partial charge in [0.25, 0.3) is 0 Å². The summed E-state index contributed by atoms with van der Waals surface area (Å²) >= 11 is 5.20. The van der Waals surface area contributed by atoms with Crippen LogP contribution in [0.15, 0.2) is 24.3 Å². The Hall–Kier alpha value is -1.62. The van der Waals surface area contributed by atoms with E-state index in [0.29, 0.717) is 18.1 Å². The number of hydrogen-bond acceptors (Lipinski definition) is 3. The lowest BCUT2D eigenvalue weighted by atomic mass is 10.1. The second-order valence-corrected chi connectivity index (χ2v) is 5.32. The van der Waals surface area contributed by atoms with Gasteiger partial charge in [0.1, 0.15) is 6.04 Å². The number of esters is 1. The van der Waals surface area contributed by atoms with E-state index in [9.17, 15) is 4.79 Å². The van der Waals surface area contributed by atoms with Crippen LogP contribution in [0, 0.1) is 0 Å². The van der Waals surface area contributed by atoms with Gasteiger partial charge >= 0.3 is 5.97 Å². The fourth-order valence-electron chi connectivity index (χ4n) is 2.09. The van der Waals surface area contributed by atoms with Crippen LogP contribution in [-0.2, 0) is 16.0 Å². The lowest BCUT2D eigenvalue weighted by molar-refractivity contribution is -0.139. The predicted molar refractivity (Wildman–Crippen MR) is 83.8 cm³/mol. The molecule has 1 atom stereocenters. The fraction of sp³-hybridized carbons (Fsp3) is 0.467. The highest BCUT2D eigenvalue weighted by Crippen LogP contribution is 2.12. The minimum absolute atomic E-state index is 0.232. The molecule has 0 bridgehead atoms. The number of nitrogens with one attached hydrogen (secondary N) is 2. The molecule has 2 rings (SSSR count). The number of ether oxygens (including phenoxy) is 1. The number of anilines is 1. The van der Waals surface area contributed by atoms with Gasteiger partial charge in [-0.3, -0.25) is 0 Å². The molecule has 20 heavy (non-hydrogen) atoms. The average Bonchev–Trinajstić information content (AvgIpc) is 2.83. The minimum atomic E-state index is -0.321. The number of hydrogen-bond donors (Lipinski definition) is 2. The van der Waals surface area contributed by atoms with Gasteiger partial charge in [-0.2, -0.15) is 0 Å². The molecule has 2 N–H and O–H groups in total. The number of carbonyl (C=O) groups excluding carboxylic acids is 1. The van der Waals surface area contributed by atoms with Crippen molar-refractivity contribution in [3.63, 3.8) is 0 Å². The molecular formula is C15H20N2O2S. The maximum atomic E-state index is 11.3. The molecule has 1 aliphatic heterocycles. The molecule has 0 saturated carbocycles. The van der Waals surface area contributed by atoms with Gasteiger partial charge in [0.05, 0.1) is 6.61 Å². The van der Waals surface area contributed by atoms with E-state index in [1.54, 1.807) is 0 Å². The summed E-state index contributed by atoms with van der Waals surface area (Å²) in [5, 5.41) is 6.51.